The molecule has 32 heavy (non-hydrogen) atoms. The SMILES string of the molecule is CCOc1ccc(CCNC(=O)C[S@](=O)Cc2nc(-c3cccs3)oc2C)cc1OCC. The van der Waals surface area contributed by atoms with Crippen LogP contribution in [-0.4, -0.2) is 40.6 Å². The zero-order valence-electron chi connectivity index (χ0n) is 18.5. The number of carbonyl (C=O) groups excluding carboxylic acids is 1. The van der Waals surface area contributed by atoms with E-state index in [0.29, 0.717) is 55.0 Å². The zero-order valence-corrected chi connectivity index (χ0v) is 20.1. The second-order valence-corrected chi connectivity index (χ2v) is 9.38. The minimum absolute atomic E-state index is 0.0753. The summed E-state index contributed by atoms with van der Waals surface area (Å²) in [4.78, 5) is 17.6. The largest absolute Gasteiger partial charge is 0.490 e. The lowest BCUT2D eigenvalue weighted by molar-refractivity contribution is -0.118. The maximum absolute atomic E-state index is 12.5. The molecule has 1 atom stereocenters. The Bertz CT molecular complexity index is 1050. The Morgan fingerprint density at radius 3 is 2.69 bits per heavy atom. The van der Waals surface area contributed by atoms with Gasteiger partial charge in [-0.15, -0.1) is 11.3 Å². The number of nitrogens with one attached hydrogen (secondary N) is 1. The van der Waals surface area contributed by atoms with Crippen molar-refractivity contribution in [1.29, 1.82) is 0 Å². The number of nitrogens with zero attached hydrogens (tertiary/aromatic N) is 1. The molecule has 0 fully saturated rings. The van der Waals surface area contributed by atoms with Crippen LogP contribution in [0.15, 0.2) is 40.1 Å². The molecule has 0 aliphatic rings. The highest BCUT2D eigenvalue weighted by Gasteiger charge is 2.16. The molecule has 172 valence electrons. The van der Waals surface area contributed by atoms with Crippen molar-refractivity contribution in [3.8, 4) is 22.3 Å². The van der Waals surface area contributed by atoms with Gasteiger partial charge < -0.3 is 19.2 Å². The molecule has 0 aliphatic carbocycles. The Balaban J connectivity index is 1.47. The molecule has 0 saturated carbocycles. The fraction of sp³-hybridized carbons (Fsp3) is 0.391. The average molecular weight is 477 g/mol. The Hall–Kier alpha value is -2.65. The standard InChI is InChI=1S/C23H28N2O5S2/c1-4-28-19-9-8-17(13-20(19)29-5-2)10-11-24-22(26)15-32(27)14-18-16(3)30-23(25-18)21-7-6-12-31-21/h6-9,12-13H,4-5,10-11,14-15H2,1-3H3,(H,24,26)/t32-/m1/s1. The van der Waals surface area contributed by atoms with Crippen molar-refractivity contribution < 1.29 is 22.9 Å². The molecule has 9 heteroatoms. The number of oxazole rings is 1. The van der Waals surface area contributed by atoms with Gasteiger partial charge in [0.2, 0.25) is 11.8 Å². The summed E-state index contributed by atoms with van der Waals surface area (Å²) in [6.45, 7) is 7.20. The molecule has 3 aromatic rings. The summed E-state index contributed by atoms with van der Waals surface area (Å²) in [5.74, 6) is 2.42. The summed E-state index contributed by atoms with van der Waals surface area (Å²) in [7, 11) is -1.37. The van der Waals surface area contributed by atoms with E-state index < -0.39 is 10.8 Å². The monoisotopic (exact) mass is 476 g/mol. The van der Waals surface area contributed by atoms with Gasteiger partial charge in [-0.25, -0.2) is 4.98 Å². The van der Waals surface area contributed by atoms with Crippen LogP contribution < -0.4 is 14.8 Å². The predicted molar refractivity (Wildman–Crippen MR) is 127 cm³/mol. The first-order chi connectivity index (χ1) is 15.5. The van der Waals surface area contributed by atoms with Crippen LogP contribution in [0.1, 0.15) is 30.9 Å². The molecule has 0 radical (unpaired) electrons. The van der Waals surface area contributed by atoms with Gasteiger partial charge >= 0.3 is 0 Å². The summed E-state index contributed by atoms with van der Waals surface area (Å²) in [6, 6.07) is 9.61. The number of thiophene rings is 1. The van der Waals surface area contributed by atoms with Gasteiger partial charge in [0.05, 0.1) is 29.5 Å². The fourth-order valence-corrected chi connectivity index (χ4v) is 4.78. The van der Waals surface area contributed by atoms with E-state index in [1.807, 2.05) is 49.6 Å². The number of ether oxygens (including phenoxy) is 2. The molecule has 2 aromatic heterocycles. The number of hydrogen-bond donors (Lipinski definition) is 1. The number of carbonyl (C=O) groups is 1. The molecule has 0 spiro atoms. The number of rotatable bonds is 12. The summed E-state index contributed by atoms with van der Waals surface area (Å²) >= 11 is 1.53. The van der Waals surface area contributed by atoms with Crippen molar-refractivity contribution in [3.05, 3.63) is 52.7 Å². The molecule has 2 heterocycles. The Kier molecular flexibility index (Phi) is 8.87. The molecular formula is C23H28N2O5S2. The van der Waals surface area contributed by atoms with Crippen LogP contribution in [0.25, 0.3) is 10.8 Å². The Morgan fingerprint density at radius 1 is 1.19 bits per heavy atom. The van der Waals surface area contributed by atoms with Crippen LogP contribution in [0, 0.1) is 6.92 Å². The molecule has 3 rings (SSSR count). The third-order valence-electron chi connectivity index (χ3n) is 4.56. The van der Waals surface area contributed by atoms with E-state index in [1.54, 1.807) is 6.92 Å². The number of benzene rings is 1. The van der Waals surface area contributed by atoms with Gasteiger partial charge in [0.1, 0.15) is 11.5 Å². The van der Waals surface area contributed by atoms with Crippen molar-refractivity contribution >= 4 is 28.0 Å². The molecule has 7 nitrogen and oxygen atoms in total. The van der Waals surface area contributed by atoms with E-state index in [-0.39, 0.29) is 17.4 Å². The molecule has 1 aromatic carbocycles. The maximum Gasteiger partial charge on any atom is 0.236 e. The van der Waals surface area contributed by atoms with Crippen LogP contribution in [0.4, 0.5) is 0 Å². The first-order valence-electron chi connectivity index (χ1n) is 10.5. The van der Waals surface area contributed by atoms with Crippen molar-refractivity contribution in [1.82, 2.24) is 10.3 Å². The molecule has 0 unspecified atom stereocenters. The van der Waals surface area contributed by atoms with E-state index >= 15 is 0 Å². The summed E-state index contributed by atoms with van der Waals surface area (Å²) < 4.78 is 29.3. The first-order valence-corrected chi connectivity index (χ1v) is 12.9. The normalized spacial score (nSPS) is 11.8. The van der Waals surface area contributed by atoms with Gasteiger partial charge in [-0.2, -0.15) is 0 Å². The van der Waals surface area contributed by atoms with Gasteiger partial charge in [0, 0.05) is 17.3 Å². The fourth-order valence-electron chi connectivity index (χ4n) is 3.07. The summed E-state index contributed by atoms with van der Waals surface area (Å²) in [5.41, 5.74) is 1.65. The Labute approximate surface area is 194 Å². The highest BCUT2D eigenvalue weighted by molar-refractivity contribution is 7.84. The van der Waals surface area contributed by atoms with Crippen LogP contribution >= 0.6 is 11.3 Å². The average Bonchev–Trinajstić information content (AvgIpc) is 3.40. The lowest BCUT2D eigenvalue weighted by atomic mass is 10.1. The van der Waals surface area contributed by atoms with Crippen LogP contribution in [-0.2, 0) is 27.8 Å². The lowest BCUT2D eigenvalue weighted by Gasteiger charge is -2.12. The quantitative estimate of drug-likeness (QED) is 0.423. The smallest absolute Gasteiger partial charge is 0.236 e. The van der Waals surface area contributed by atoms with E-state index in [9.17, 15) is 9.00 Å². The van der Waals surface area contributed by atoms with Crippen molar-refractivity contribution in [2.75, 3.05) is 25.5 Å². The maximum atomic E-state index is 12.5. The van der Waals surface area contributed by atoms with Gasteiger partial charge in [0.15, 0.2) is 11.5 Å². The van der Waals surface area contributed by atoms with Crippen LogP contribution in [0.2, 0.25) is 0 Å². The van der Waals surface area contributed by atoms with Gasteiger partial charge in [-0.1, -0.05) is 12.1 Å². The third-order valence-corrected chi connectivity index (χ3v) is 6.60. The van der Waals surface area contributed by atoms with Crippen LogP contribution in [0.5, 0.6) is 11.5 Å². The zero-order chi connectivity index (χ0) is 22.9. The van der Waals surface area contributed by atoms with E-state index in [0.717, 1.165) is 10.4 Å². The molecule has 0 bridgehead atoms. The summed E-state index contributed by atoms with van der Waals surface area (Å²) in [5, 5.41) is 4.78. The summed E-state index contributed by atoms with van der Waals surface area (Å²) in [6.07, 6.45) is 0.636. The predicted octanol–water partition coefficient (Wildman–Crippen LogP) is 4.12. The minimum Gasteiger partial charge on any atom is -0.490 e. The van der Waals surface area contributed by atoms with E-state index in [1.165, 1.54) is 11.3 Å². The molecule has 0 aliphatic heterocycles. The Morgan fingerprint density at radius 2 is 1.97 bits per heavy atom. The first kappa shape index (κ1) is 24.0. The van der Waals surface area contributed by atoms with Crippen molar-refractivity contribution in [3.63, 3.8) is 0 Å². The van der Waals surface area contributed by atoms with E-state index in [2.05, 4.69) is 10.3 Å². The van der Waals surface area contributed by atoms with Gasteiger partial charge in [-0.05, 0) is 56.3 Å². The lowest BCUT2D eigenvalue weighted by Crippen LogP contribution is -2.30. The van der Waals surface area contributed by atoms with Crippen LogP contribution in [0.3, 0.4) is 0 Å². The number of hydrogen-bond acceptors (Lipinski definition) is 7. The second-order valence-electron chi connectivity index (χ2n) is 6.97. The van der Waals surface area contributed by atoms with Crippen molar-refractivity contribution in [2.45, 2.75) is 32.9 Å². The third kappa shape index (κ3) is 6.67. The number of amides is 1. The molecular weight excluding hydrogens is 448 g/mol. The number of aryl methyl sites for hydroxylation is 1. The topological polar surface area (TPSA) is 90.7 Å². The van der Waals surface area contributed by atoms with Gasteiger partial charge in [0.25, 0.3) is 0 Å². The highest BCUT2D eigenvalue weighted by Crippen LogP contribution is 2.29. The van der Waals surface area contributed by atoms with Gasteiger partial charge in [-0.3, -0.25) is 9.00 Å². The molecule has 1 amide bonds. The highest BCUT2D eigenvalue weighted by atomic mass is 32.2. The van der Waals surface area contributed by atoms with Crippen molar-refractivity contribution in [2.24, 2.45) is 0 Å². The second kappa shape index (κ2) is 11.8. The minimum atomic E-state index is -1.37. The van der Waals surface area contributed by atoms with E-state index in [4.69, 9.17) is 13.9 Å². The number of aromatic nitrogens is 1. The molecule has 0 saturated heterocycles. The molecule has 1 N–H and O–H groups in total.